The number of para-hydroxylation sites is 2. The number of pyridine rings is 1. The molecule has 2 aliphatic heterocycles. The Hall–Kier alpha value is -6.89. The minimum Gasteiger partial charge on any atom is -0.493 e. The van der Waals surface area contributed by atoms with Crippen molar-refractivity contribution in [1.82, 2.24) is 26.3 Å². The molecule has 1 aliphatic carbocycles. The number of hydrogen-bond acceptors (Lipinski definition) is 9. The van der Waals surface area contributed by atoms with E-state index in [4.69, 9.17) is 18.9 Å². The first-order valence-electron chi connectivity index (χ1n) is 26.9. The topological polar surface area (TPSA) is 166 Å². The second-order valence-corrected chi connectivity index (χ2v) is 20.6. The Bertz CT molecular complexity index is 2500. The predicted molar refractivity (Wildman–Crippen MR) is 289 cm³/mol. The summed E-state index contributed by atoms with van der Waals surface area (Å²) < 4.78 is 27.1. The Labute approximate surface area is 438 Å². The van der Waals surface area contributed by atoms with Crippen LogP contribution in [0.5, 0.6) is 23.0 Å². The van der Waals surface area contributed by atoms with Crippen molar-refractivity contribution in [1.29, 1.82) is 0 Å². The number of amides is 4. The summed E-state index contributed by atoms with van der Waals surface area (Å²) in [5, 5.41) is 12.2. The summed E-state index contributed by atoms with van der Waals surface area (Å²) in [6.45, 7) is 18.7. The van der Waals surface area contributed by atoms with E-state index in [1.807, 2.05) is 27.7 Å². The molecule has 8 rings (SSSR count). The molecule has 74 heavy (non-hydrogen) atoms. The Morgan fingerprint density at radius 3 is 1.05 bits per heavy atom. The molecule has 394 valence electrons. The van der Waals surface area contributed by atoms with Crippen LogP contribution in [0.25, 0.3) is 0 Å². The summed E-state index contributed by atoms with van der Waals surface area (Å²) >= 11 is 0. The molecule has 13 nitrogen and oxygen atoms in total. The number of ether oxygens (including phenoxy) is 4. The molecule has 4 aromatic carbocycles. The van der Waals surface area contributed by atoms with Crippen molar-refractivity contribution in [2.24, 2.45) is 11.8 Å². The maximum atomic E-state index is 14.4. The molecule has 5 aromatic rings. The highest BCUT2D eigenvalue weighted by molar-refractivity contribution is 5.99. The standard InChI is InChI=1S/C61H77N5O8/c1-9-22-71-54-42-16-13-17-43(54)33-47-29-41-31-49(57(47)74-25-12-4)35-45-19-14-18-44(55(45)72-23-10-2)34-48-30-40(28-46(32-42)56(48)73-24-11-3)36-62-58(67)52(26-38(5)6)65-60(69)50-20-15-21-51(64-50)61(70)66-53(27-39(7)8)59(68)63-37-41/h13-21,28-31,38-39,52-53H,9-12,22-27,32-37H2,1-8H3,(H,62,67)(H,63,68)(H,65,69)(H,66,70)/t52-,53-/m0/s1. The van der Waals surface area contributed by atoms with E-state index in [1.54, 1.807) is 6.07 Å². The van der Waals surface area contributed by atoms with Gasteiger partial charge < -0.3 is 40.2 Å². The first-order valence-corrected chi connectivity index (χ1v) is 26.9. The minimum absolute atomic E-state index is 0.0282. The number of rotatable bonds is 16. The van der Waals surface area contributed by atoms with Gasteiger partial charge in [-0.05, 0) is 142 Å². The lowest BCUT2D eigenvalue weighted by Gasteiger charge is -2.24. The molecular weight excluding hydrogens is 931 g/mol. The second kappa shape index (κ2) is 26.4. The zero-order valence-electron chi connectivity index (χ0n) is 44.8. The van der Waals surface area contributed by atoms with Gasteiger partial charge in [0.1, 0.15) is 46.5 Å². The highest BCUT2D eigenvalue weighted by Crippen LogP contribution is 2.40. The SMILES string of the molecule is CCCOc1c2cccc1Cc1cc3cc(c1OCCC)Cc1cccc(c1OCCC)Cc1cc(cc(c1OCCC)C2)CNC(=O)[C@H](CC(C)C)NC(=O)c1cccc(n1)C(=O)N[C@@H](CC(C)C)C(=O)NC3. The molecule has 4 amide bonds. The van der Waals surface area contributed by atoms with Gasteiger partial charge in [-0.2, -0.15) is 0 Å². The van der Waals surface area contributed by atoms with E-state index < -0.39 is 23.9 Å². The van der Waals surface area contributed by atoms with Gasteiger partial charge in [0.2, 0.25) is 11.8 Å². The molecule has 0 radical (unpaired) electrons. The first kappa shape index (κ1) is 54.9. The third kappa shape index (κ3) is 14.2. The number of nitrogens with zero attached hydrogens (tertiary/aromatic N) is 1. The zero-order chi connectivity index (χ0) is 52.7. The van der Waals surface area contributed by atoms with Crippen molar-refractivity contribution in [2.45, 2.75) is 145 Å². The molecule has 4 N–H and O–H groups in total. The van der Waals surface area contributed by atoms with E-state index in [2.05, 4.69) is 115 Å². The average Bonchev–Trinajstić information content (AvgIpc) is 3.37. The fourth-order valence-electron chi connectivity index (χ4n) is 9.78. The largest absolute Gasteiger partial charge is 0.493 e. The maximum absolute atomic E-state index is 14.4. The van der Waals surface area contributed by atoms with Crippen LogP contribution in [0.3, 0.4) is 0 Å². The lowest BCUT2D eigenvalue weighted by molar-refractivity contribution is -0.124. The summed E-state index contributed by atoms with van der Waals surface area (Å²) in [6, 6.07) is 23.9. The summed E-state index contributed by atoms with van der Waals surface area (Å²) in [5.41, 5.74) is 9.43. The van der Waals surface area contributed by atoms with Crippen LogP contribution in [0, 0.1) is 11.8 Å². The second-order valence-electron chi connectivity index (χ2n) is 20.6. The van der Waals surface area contributed by atoms with Gasteiger partial charge >= 0.3 is 0 Å². The Balaban J connectivity index is 1.49. The lowest BCUT2D eigenvalue weighted by atomic mass is 9.89. The third-order valence-electron chi connectivity index (χ3n) is 13.1. The van der Waals surface area contributed by atoms with Gasteiger partial charge in [-0.3, -0.25) is 19.2 Å². The lowest BCUT2D eigenvalue weighted by Crippen LogP contribution is -2.48. The number of carbonyl (C=O) groups excluding carboxylic acids is 4. The van der Waals surface area contributed by atoms with Crippen molar-refractivity contribution >= 4 is 23.6 Å². The highest BCUT2D eigenvalue weighted by Gasteiger charge is 2.28. The summed E-state index contributed by atoms with van der Waals surface area (Å²) in [5.74, 6) is 1.37. The van der Waals surface area contributed by atoms with Gasteiger partial charge in [-0.1, -0.05) is 97.9 Å². The zero-order valence-corrected chi connectivity index (χ0v) is 44.8. The van der Waals surface area contributed by atoms with Gasteiger partial charge in [0.25, 0.3) is 11.8 Å². The number of nitrogens with one attached hydrogen (secondary N) is 4. The minimum atomic E-state index is -0.908. The van der Waals surface area contributed by atoms with Crippen molar-refractivity contribution < 1.29 is 38.1 Å². The Kier molecular flexibility index (Phi) is 19.5. The van der Waals surface area contributed by atoms with Crippen LogP contribution in [-0.2, 0) is 48.4 Å². The monoisotopic (exact) mass is 1010 g/mol. The van der Waals surface area contributed by atoms with Gasteiger partial charge in [0, 0.05) is 38.8 Å². The van der Waals surface area contributed by atoms with Gasteiger partial charge in [0.05, 0.1) is 26.4 Å². The fraction of sp³-hybridized carbons (Fsp3) is 0.459. The number of hydrogen-bond donors (Lipinski definition) is 4. The van der Waals surface area contributed by atoms with E-state index in [9.17, 15) is 19.2 Å². The van der Waals surface area contributed by atoms with Crippen molar-refractivity contribution in [3.05, 3.63) is 146 Å². The third-order valence-corrected chi connectivity index (χ3v) is 13.1. The summed E-state index contributed by atoms with van der Waals surface area (Å²) in [7, 11) is 0. The number of benzene rings is 4. The quantitative estimate of drug-likeness (QED) is 0.0738. The summed E-state index contributed by atoms with van der Waals surface area (Å²) in [4.78, 5) is 61.1. The molecule has 3 aliphatic rings. The molecule has 0 saturated heterocycles. The average molecular weight is 1010 g/mol. The number of carbonyl (C=O) groups is 4. The molecule has 12 bridgehead atoms. The molecule has 1 aromatic heterocycles. The van der Waals surface area contributed by atoms with Crippen LogP contribution in [0.2, 0.25) is 0 Å². The smallest absolute Gasteiger partial charge is 0.270 e. The highest BCUT2D eigenvalue weighted by atomic mass is 16.5. The molecule has 2 atom stereocenters. The van der Waals surface area contributed by atoms with E-state index in [1.165, 1.54) is 12.1 Å². The maximum Gasteiger partial charge on any atom is 0.270 e. The van der Waals surface area contributed by atoms with Crippen molar-refractivity contribution in [2.75, 3.05) is 26.4 Å². The van der Waals surface area contributed by atoms with Crippen LogP contribution >= 0.6 is 0 Å². The van der Waals surface area contributed by atoms with E-state index in [0.717, 1.165) is 104 Å². The van der Waals surface area contributed by atoms with Crippen LogP contribution in [0.15, 0.2) is 78.9 Å². The van der Waals surface area contributed by atoms with E-state index in [-0.39, 0.29) is 48.1 Å². The van der Waals surface area contributed by atoms with E-state index >= 15 is 0 Å². The predicted octanol–water partition coefficient (Wildman–Crippen LogP) is 10.1. The molecule has 13 heteroatoms. The normalized spacial score (nSPS) is 16.3. The van der Waals surface area contributed by atoms with E-state index in [0.29, 0.717) is 65.0 Å². The molecule has 3 heterocycles. The van der Waals surface area contributed by atoms with Gasteiger partial charge in [0.15, 0.2) is 0 Å². The molecule has 0 saturated carbocycles. The van der Waals surface area contributed by atoms with Crippen molar-refractivity contribution in [3.8, 4) is 23.0 Å². The Morgan fingerprint density at radius 1 is 0.459 bits per heavy atom. The number of fused-ring (bicyclic) bond motifs is 10. The van der Waals surface area contributed by atoms with Crippen LogP contribution in [0.4, 0.5) is 0 Å². The van der Waals surface area contributed by atoms with Crippen LogP contribution in [-0.4, -0.2) is 67.1 Å². The molecule has 0 fully saturated rings. The summed E-state index contributed by atoms with van der Waals surface area (Å²) in [6.07, 6.45) is 5.83. The molecule has 0 unspecified atom stereocenters. The van der Waals surface area contributed by atoms with Crippen LogP contribution < -0.4 is 40.2 Å². The molecular formula is C61H77N5O8. The van der Waals surface area contributed by atoms with Crippen LogP contribution in [0.1, 0.15) is 171 Å². The van der Waals surface area contributed by atoms with Gasteiger partial charge in [-0.25, -0.2) is 4.98 Å². The molecule has 0 spiro atoms. The number of aromatic nitrogens is 1. The van der Waals surface area contributed by atoms with Gasteiger partial charge in [-0.15, -0.1) is 0 Å². The fourth-order valence-corrected chi connectivity index (χ4v) is 9.78. The Morgan fingerprint density at radius 2 is 0.757 bits per heavy atom. The first-order chi connectivity index (χ1) is 35.8. The van der Waals surface area contributed by atoms with Crippen molar-refractivity contribution in [3.63, 3.8) is 0 Å².